The molecule has 1 aliphatic carbocycles. The molecule has 0 spiro atoms. The Bertz CT molecular complexity index is 344. The van der Waals surface area contributed by atoms with Crippen LogP contribution in [0.1, 0.15) is 35.2 Å². The summed E-state index contributed by atoms with van der Waals surface area (Å²) in [6, 6.07) is 6.20. The monoisotopic (exact) mass is 286 g/mol. The molecule has 0 saturated carbocycles. The Morgan fingerprint density at radius 2 is 1.92 bits per heavy atom. The lowest BCUT2D eigenvalue weighted by molar-refractivity contribution is 0.0982. The summed E-state index contributed by atoms with van der Waals surface area (Å²) >= 11 is 2.26. The van der Waals surface area contributed by atoms with Crippen LogP contribution in [0.15, 0.2) is 18.2 Å². The van der Waals surface area contributed by atoms with Crippen molar-refractivity contribution in [2.24, 2.45) is 0 Å². The van der Waals surface area contributed by atoms with Gasteiger partial charge < -0.3 is 0 Å². The summed E-state index contributed by atoms with van der Waals surface area (Å²) in [4.78, 5) is 11.7. The molecule has 0 N–H and O–H groups in total. The summed E-state index contributed by atoms with van der Waals surface area (Å²) in [7, 11) is 0. The van der Waals surface area contributed by atoms with Gasteiger partial charge in [-0.15, -0.1) is 0 Å². The molecule has 0 amide bonds. The van der Waals surface area contributed by atoms with E-state index in [0.29, 0.717) is 5.78 Å². The first-order valence-electron chi connectivity index (χ1n) is 4.59. The Hall–Kier alpha value is -0.380. The molecule has 68 valence electrons. The van der Waals surface area contributed by atoms with Gasteiger partial charge in [0.15, 0.2) is 5.78 Å². The molecule has 1 aromatic rings. The minimum Gasteiger partial charge on any atom is -0.294 e. The van der Waals surface area contributed by atoms with Crippen LogP contribution in [-0.2, 0) is 6.42 Å². The number of halogens is 1. The predicted molar refractivity (Wildman–Crippen MR) is 61.0 cm³/mol. The van der Waals surface area contributed by atoms with E-state index in [9.17, 15) is 4.79 Å². The Morgan fingerprint density at radius 3 is 2.77 bits per heavy atom. The van der Waals surface area contributed by atoms with Crippen molar-refractivity contribution in [2.75, 3.05) is 0 Å². The molecular formula is C11H11IO. The number of fused-ring (bicyclic) bond motifs is 1. The molecule has 0 unspecified atom stereocenters. The van der Waals surface area contributed by atoms with Gasteiger partial charge in [-0.05, 0) is 59.5 Å². The third-order valence-corrected chi connectivity index (χ3v) is 3.14. The predicted octanol–water partition coefficient (Wildman–Crippen LogP) is 3.20. The van der Waals surface area contributed by atoms with Crippen LogP contribution in [-0.4, -0.2) is 5.78 Å². The lowest BCUT2D eigenvalue weighted by atomic mass is 10.0. The second-order valence-electron chi connectivity index (χ2n) is 3.43. The largest absolute Gasteiger partial charge is 0.294 e. The number of Topliss-reactive ketones (excluding diaryl/α,β-unsaturated/α-hetero) is 1. The number of aryl methyl sites for hydroxylation is 1. The number of benzene rings is 1. The van der Waals surface area contributed by atoms with E-state index >= 15 is 0 Å². The Morgan fingerprint density at radius 1 is 1.15 bits per heavy atom. The molecule has 0 bridgehead atoms. The van der Waals surface area contributed by atoms with Crippen molar-refractivity contribution >= 4 is 28.4 Å². The standard InChI is InChI=1S/C11H11IO/c12-9-6-5-8-3-1-2-4-11(13)10(8)7-9/h5-7H,1-4H2. The number of ketones is 1. The molecule has 0 radical (unpaired) electrons. The topological polar surface area (TPSA) is 17.1 Å². The van der Waals surface area contributed by atoms with Crippen LogP contribution in [0.3, 0.4) is 0 Å². The van der Waals surface area contributed by atoms with Gasteiger partial charge in [0, 0.05) is 15.6 Å². The molecule has 0 fully saturated rings. The average molecular weight is 286 g/mol. The first-order chi connectivity index (χ1) is 6.27. The van der Waals surface area contributed by atoms with Gasteiger partial charge in [-0.1, -0.05) is 6.07 Å². The summed E-state index contributed by atoms with van der Waals surface area (Å²) < 4.78 is 1.16. The number of hydrogen-bond acceptors (Lipinski definition) is 1. The number of carbonyl (C=O) groups is 1. The summed E-state index contributed by atoms with van der Waals surface area (Å²) in [6.07, 6.45) is 3.99. The summed E-state index contributed by atoms with van der Waals surface area (Å²) in [5.41, 5.74) is 2.20. The van der Waals surface area contributed by atoms with Gasteiger partial charge in [0.2, 0.25) is 0 Å². The SMILES string of the molecule is O=C1CCCCc2ccc(I)cc21. The molecule has 2 rings (SSSR count). The van der Waals surface area contributed by atoms with Crippen LogP contribution in [0.2, 0.25) is 0 Å². The van der Waals surface area contributed by atoms with Gasteiger partial charge >= 0.3 is 0 Å². The van der Waals surface area contributed by atoms with Crippen LogP contribution in [0, 0.1) is 3.57 Å². The molecule has 0 saturated heterocycles. The van der Waals surface area contributed by atoms with Crippen molar-refractivity contribution in [3.63, 3.8) is 0 Å². The summed E-state index contributed by atoms with van der Waals surface area (Å²) in [5, 5.41) is 0. The van der Waals surface area contributed by atoms with Crippen molar-refractivity contribution in [1.82, 2.24) is 0 Å². The molecule has 13 heavy (non-hydrogen) atoms. The van der Waals surface area contributed by atoms with E-state index in [1.807, 2.05) is 6.07 Å². The van der Waals surface area contributed by atoms with Gasteiger partial charge in [-0.25, -0.2) is 0 Å². The maximum Gasteiger partial charge on any atom is 0.163 e. The highest BCUT2D eigenvalue weighted by atomic mass is 127. The molecule has 0 heterocycles. The van der Waals surface area contributed by atoms with Gasteiger partial charge in [-0.2, -0.15) is 0 Å². The molecule has 1 aromatic carbocycles. The third kappa shape index (κ3) is 1.93. The Kier molecular flexibility index (Phi) is 2.67. The number of carbonyl (C=O) groups excluding carboxylic acids is 1. The van der Waals surface area contributed by atoms with Crippen LogP contribution in [0.5, 0.6) is 0 Å². The molecule has 0 atom stereocenters. The van der Waals surface area contributed by atoms with E-state index in [0.717, 1.165) is 34.8 Å². The second-order valence-corrected chi connectivity index (χ2v) is 4.68. The molecule has 0 aromatic heterocycles. The van der Waals surface area contributed by atoms with Gasteiger partial charge in [0.05, 0.1) is 0 Å². The molecular weight excluding hydrogens is 275 g/mol. The molecule has 0 aliphatic heterocycles. The van der Waals surface area contributed by atoms with E-state index in [1.165, 1.54) is 5.56 Å². The zero-order chi connectivity index (χ0) is 9.26. The molecule has 2 heteroatoms. The molecule has 1 nitrogen and oxygen atoms in total. The lowest BCUT2D eigenvalue weighted by Gasteiger charge is -2.03. The second kappa shape index (κ2) is 3.78. The van der Waals surface area contributed by atoms with Gasteiger partial charge in [0.1, 0.15) is 0 Å². The van der Waals surface area contributed by atoms with Crippen LogP contribution in [0.4, 0.5) is 0 Å². The number of hydrogen-bond donors (Lipinski definition) is 0. The van der Waals surface area contributed by atoms with E-state index in [2.05, 4.69) is 34.7 Å². The normalized spacial score (nSPS) is 16.5. The van der Waals surface area contributed by atoms with Crippen molar-refractivity contribution in [3.8, 4) is 0 Å². The highest BCUT2D eigenvalue weighted by Gasteiger charge is 2.14. The van der Waals surface area contributed by atoms with Crippen LogP contribution < -0.4 is 0 Å². The number of rotatable bonds is 0. The fraction of sp³-hybridized carbons (Fsp3) is 0.364. The van der Waals surface area contributed by atoms with E-state index < -0.39 is 0 Å². The van der Waals surface area contributed by atoms with Gasteiger partial charge in [-0.3, -0.25) is 4.79 Å². The first-order valence-corrected chi connectivity index (χ1v) is 5.67. The van der Waals surface area contributed by atoms with Crippen LogP contribution in [0.25, 0.3) is 0 Å². The average Bonchev–Trinajstić information content (AvgIpc) is 2.29. The maximum absolute atomic E-state index is 11.7. The highest BCUT2D eigenvalue weighted by Crippen LogP contribution is 2.22. The third-order valence-electron chi connectivity index (χ3n) is 2.47. The lowest BCUT2D eigenvalue weighted by Crippen LogP contribution is -2.00. The van der Waals surface area contributed by atoms with Crippen molar-refractivity contribution < 1.29 is 4.79 Å². The van der Waals surface area contributed by atoms with Crippen molar-refractivity contribution in [2.45, 2.75) is 25.7 Å². The molecule has 1 aliphatic rings. The highest BCUT2D eigenvalue weighted by molar-refractivity contribution is 14.1. The van der Waals surface area contributed by atoms with Crippen molar-refractivity contribution in [1.29, 1.82) is 0 Å². The Balaban J connectivity index is 2.49. The minimum atomic E-state index is 0.325. The van der Waals surface area contributed by atoms with E-state index in [4.69, 9.17) is 0 Å². The zero-order valence-corrected chi connectivity index (χ0v) is 9.50. The fourth-order valence-corrected chi connectivity index (χ4v) is 2.25. The maximum atomic E-state index is 11.7. The van der Waals surface area contributed by atoms with Gasteiger partial charge in [0.25, 0.3) is 0 Å². The van der Waals surface area contributed by atoms with Crippen LogP contribution >= 0.6 is 22.6 Å². The smallest absolute Gasteiger partial charge is 0.163 e. The first kappa shape index (κ1) is 9.19. The quantitative estimate of drug-likeness (QED) is 0.529. The fourth-order valence-electron chi connectivity index (χ4n) is 1.76. The summed E-state index contributed by atoms with van der Waals surface area (Å²) in [6.45, 7) is 0. The summed E-state index contributed by atoms with van der Waals surface area (Å²) in [5.74, 6) is 0.325. The van der Waals surface area contributed by atoms with E-state index in [1.54, 1.807) is 0 Å². The minimum absolute atomic E-state index is 0.325. The van der Waals surface area contributed by atoms with Crippen molar-refractivity contribution in [3.05, 3.63) is 32.9 Å². The zero-order valence-electron chi connectivity index (χ0n) is 7.35. The Labute approximate surface area is 91.7 Å². The van der Waals surface area contributed by atoms with E-state index in [-0.39, 0.29) is 0 Å².